The first kappa shape index (κ1) is 19.2. The third-order valence-electron chi connectivity index (χ3n) is 5.80. The highest BCUT2D eigenvalue weighted by atomic mass is 79.9. The van der Waals surface area contributed by atoms with E-state index in [0.29, 0.717) is 26.1 Å². The van der Waals surface area contributed by atoms with E-state index < -0.39 is 5.41 Å². The van der Waals surface area contributed by atoms with Gasteiger partial charge in [0.2, 0.25) is 5.91 Å². The van der Waals surface area contributed by atoms with E-state index in [4.69, 9.17) is 9.15 Å². The molecule has 1 aliphatic rings. The Labute approximate surface area is 173 Å². The summed E-state index contributed by atoms with van der Waals surface area (Å²) >= 11 is 3.48. The van der Waals surface area contributed by atoms with Crippen LogP contribution in [-0.4, -0.2) is 19.1 Å². The number of halogens is 1. The number of para-hydroxylation sites is 1. The molecule has 1 fully saturated rings. The molecular weight excluding hydrogens is 418 g/mol. The molecule has 4 nitrogen and oxygen atoms in total. The molecule has 146 valence electrons. The zero-order chi connectivity index (χ0) is 19.7. The van der Waals surface area contributed by atoms with Gasteiger partial charge in [0.15, 0.2) is 0 Å². The first-order valence-corrected chi connectivity index (χ1v) is 10.4. The number of benzene rings is 2. The van der Waals surface area contributed by atoms with Gasteiger partial charge in [0.05, 0.1) is 11.5 Å². The molecule has 1 aromatic heterocycles. The summed E-state index contributed by atoms with van der Waals surface area (Å²) in [5.74, 6) is 0.845. The first-order chi connectivity index (χ1) is 13.5. The average Bonchev–Trinajstić information content (AvgIpc) is 3.06. The van der Waals surface area contributed by atoms with Crippen LogP contribution in [0.4, 0.5) is 0 Å². The van der Waals surface area contributed by atoms with Crippen molar-refractivity contribution in [2.24, 2.45) is 0 Å². The van der Waals surface area contributed by atoms with Gasteiger partial charge in [0, 0.05) is 28.6 Å². The maximum atomic E-state index is 13.5. The normalized spacial score (nSPS) is 17.4. The van der Waals surface area contributed by atoms with Gasteiger partial charge in [-0.05, 0) is 50.5 Å². The Hall–Kier alpha value is -2.11. The van der Waals surface area contributed by atoms with Gasteiger partial charge < -0.3 is 14.5 Å². The van der Waals surface area contributed by atoms with Crippen molar-refractivity contribution in [2.45, 2.75) is 38.1 Å². The zero-order valence-electron chi connectivity index (χ0n) is 16.1. The molecule has 1 N–H and O–H groups in total. The number of aryl methyl sites for hydroxylation is 1. The lowest BCUT2D eigenvalue weighted by Crippen LogP contribution is -2.48. The second-order valence-corrected chi connectivity index (χ2v) is 8.40. The minimum atomic E-state index is -0.576. The minimum Gasteiger partial charge on any atom is -0.459 e. The lowest BCUT2D eigenvalue weighted by Gasteiger charge is -2.37. The number of carbonyl (C=O) groups is 1. The van der Waals surface area contributed by atoms with Gasteiger partial charge in [0.1, 0.15) is 11.3 Å². The maximum absolute atomic E-state index is 13.5. The molecule has 5 heteroatoms. The number of hydrogen-bond acceptors (Lipinski definition) is 3. The smallest absolute Gasteiger partial charge is 0.231 e. The van der Waals surface area contributed by atoms with E-state index in [9.17, 15) is 4.79 Å². The van der Waals surface area contributed by atoms with Gasteiger partial charge in [0.25, 0.3) is 0 Å². The van der Waals surface area contributed by atoms with E-state index in [1.54, 1.807) is 0 Å². The molecule has 0 radical (unpaired) electrons. The third kappa shape index (κ3) is 3.38. The fourth-order valence-corrected chi connectivity index (χ4v) is 4.41. The Morgan fingerprint density at radius 2 is 1.79 bits per heavy atom. The van der Waals surface area contributed by atoms with Crippen LogP contribution in [0.25, 0.3) is 11.0 Å². The van der Waals surface area contributed by atoms with Gasteiger partial charge in [-0.15, -0.1) is 0 Å². The number of nitrogens with one attached hydrogen (secondary N) is 1. The van der Waals surface area contributed by atoms with E-state index in [-0.39, 0.29) is 11.9 Å². The Morgan fingerprint density at radius 1 is 1.11 bits per heavy atom. The van der Waals surface area contributed by atoms with Crippen LogP contribution in [-0.2, 0) is 14.9 Å². The fourth-order valence-electron chi connectivity index (χ4n) is 4.14. The van der Waals surface area contributed by atoms with E-state index in [1.165, 1.54) is 0 Å². The van der Waals surface area contributed by atoms with E-state index in [1.807, 2.05) is 62.4 Å². The first-order valence-electron chi connectivity index (χ1n) is 9.64. The summed E-state index contributed by atoms with van der Waals surface area (Å²) in [7, 11) is 0. The monoisotopic (exact) mass is 441 g/mol. The van der Waals surface area contributed by atoms with Crippen LogP contribution in [0.15, 0.2) is 57.4 Å². The highest BCUT2D eigenvalue weighted by Gasteiger charge is 2.42. The standard InChI is InChI=1S/C23H24BrNO3/c1-15-19-5-3-4-6-20(19)28-21(15)16(2)25-22(26)23(11-13-27-14-12-23)17-7-9-18(24)10-8-17/h3-10,16H,11-14H2,1-2H3,(H,25,26). The molecule has 0 aliphatic carbocycles. The number of carbonyl (C=O) groups excluding carboxylic acids is 1. The number of amides is 1. The molecule has 0 saturated carbocycles. The summed E-state index contributed by atoms with van der Waals surface area (Å²) < 4.78 is 12.6. The summed E-state index contributed by atoms with van der Waals surface area (Å²) in [6, 6.07) is 15.8. The quantitative estimate of drug-likeness (QED) is 0.586. The molecule has 1 aliphatic heterocycles. The van der Waals surface area contributed by atoms with Crippen molar-refractivity contribution >= 4 is 32.8 Å². The Kier molecular flexibility index (Phi) is 5.30. The van der Waals surface area contributed by atoms with Crippen molar-refractivity contribution in [3.8, 4) is 0 Å². The number of hydrogen-bond donors (Lipinski definition) is 1. The van der Waals surface area contributed by atoms with Crippen LogP contribution in [0.5, 0.6) is 0 Å². The summed E-state index contributed by atoms with van der Waals surface area (Å²) in [6.07, 6.45) is 1.35. The molecule has 1 saturated heterocycles. The fraction of sp³-hybridized carbons (Fsp3) is 0.348. The van der Waals surface area contributed by atoms with Crippen LogP contribution >= 0.6 is 15.9 Å². The van der Waals surface area contributed by atoms with Gasteiger partial charge >= 0.3 is 0 Å². The summed E-state index contributed by atoms with van der Waals surface area (Å²) in [5.41, 5.74) is 2.38. The number of fused-ring (bicyclic) bond motifs is 1. The zero-order valence-corrected chi connectivity index (χ0v) is 17.7. The molecular formula is C23H24BrNO3. The van der Waals surface area contributed by atoms with E-state index >= 15 is 0 Å². The van der Waals surface area contributed by atoms with Crippen molar-refractivity contribution < 1.29 is 13.9 Å². The Bertz CT molecular complexity index is 987. The second kappa shape index (κ2) is 7.72. The van der Waals surface area contributed by atoms with E-state index in [2.05, 4.69) is 21.2 Å². The van der Waals surface area contributed by atoms with Crippen molar-refractivity contribution in [2.75, 3.05) is 13.2 Å². The molecule has 1 amide bonds. The average molecular weight is 442 g/mol. The molecule has 0 bridgehead atoms. The predicted octanol–water partition coefficient (Wildman–Crippen LogP) is 5.43. The lowest BCUT2D eigenvalue weighted by molar-refractivity contribution is -0.131. The highest BCUT2D eigenvalue weighted by molar-refractivity contribution is 9.10. The predicted molar refractivity (Wildman–Crippen MR) is 113 cm³/mol. The van der Waals surface area contributed by atoms with Gasteiger partial charge in [-0.3, -0.25) is 4.79 Å². The van der Waals surface area contributed by atoms with Crippen molar-refractivity contribution in [1.29, 1.82) is 0 Å². The lowest BCUT2D eigenvalue weighted by atomic mass is 9.73. The molecule has 0 spiro atoms. The molecule has 1 unspecified atom stereocenters. The number of rotatable bonds is 4. The molecule has 2 heterocycles. The van der Waals surface area contributed by atoms with Gasteiger partial charge in [-0.2, -0.15) is 0 Å². The summed E-state index contributed by atoms with van der Waals surface area (Å²) in [5, 5.41) is 4.31. The van der Waals surface area contributed by atoms with Crippen molar-refractivity contribution in [3.63, 3.8) is 0 Å². The van der Waals surface area contributed by atoms with Gasteiger partial charge in [-0.1, -0.05) is 46.3 Å². The van der Waals surface area contributed by atoms with Crippen LogP contribution in [0.1, 0.15) is 42.7 Å². The van der Waals surface area contributed by atoms with Gasteiger partial charge in [-0.25, -0.2) is 0 Å². The molecule has 2 aromatic carbocycles. The second-order valence-electron chi connectivity index (χ2n) is 7.48. The van der Waals surface area contributed by atoms with Crippen LogP contribution in [0.3, 0.4) is 0 Å². The molecule has 28 heavy (non-hydrogen) atoms. The maximum Gasteiger partial charge on any atom is 0.231 e. The van der Waals surface area contributed by atoms with E-state index in [0.717, 1.165) is 32.3 Å². The third-order valence-corrected chi connectivity index (χ3v) is 6.33. The van der Waals surface area contributed by atoms with Crippen LogP contribution in [0.2, 0.25) is 0 Å². The van der Waals surface area contributed by atoms with Crippen molar-refractivity contribution in [3.05, 3.63) is 69.9 Å². The highest BCUT2D eigenvalue weighted by Crippen LogP contribution is 2.37. The summed E-state index contributed by atoms with van der Waals surface area (Å²) in [4.78, 5) is 13.5. The molecule has 3 aromatic rings. The topological polar surface area (TPSA) is 51.5 Å². The number of ether oxygens (including phenoxy) is 1. The molecule has 1 atom stereocenters. The van der Waals surface area contributed by atoms with Crippen LogP contribution < -0.4 is 5.32 Å². The number of furan rings is 1. The van der Waals surface area contributed by atoms with Crippen molar-refractivity contribution in [1.82, 2.24) is 5.32 Å². The Balaban J connectivity index is 1.63. The summed E-state index contributed by atoms with van der Waals surface area (Å²) in [6.45, 7) is 5.20. The SMILES string of the molecule is Cc1c(C(C)NC(=O)C2(c3ccc(Br)cc3)CCOCC2)oc2ccccc12. The molecule has 4 rings (SSSR count). The minimum absolute atomic E-state index is 0.0329. The Morgan fingerprint density at radius 3 is 2.46 bits per heavy atom. The van der Waals surface area contributed by atoms with Crippen LogP contribution in [0, 0.1) is 6.92 Å². The largest absolute Gasteiger partial charge is 0.459 e.